The van der Waals surface area contributed by atoms with Crippen LogP contribution in [0, 0.1) is 0 Å². The molecule has 7 nitrogen and oxygen atoms in total. The lowest BCUT2D eigenvalue weighted by Crippen LogP contribution is -2.54. The second-order valence-electron chi connectivity index (χ2n) is 6.09. The Morgan fingerprint density at radius 3 is 1.95 bits per heavy atom. The molecule has 0 spiro atoms. The van der Waals surface area contributed by atoms with Crippen molar-refractivity contribution in [3.63, 3.8) is 0 Å². The van der Waals surface area contributed by atoms with Gasteiger partial charge in [-0.15, -0.1) is 0 Å². The number of carbonyl (C=O) groups is 1. The van der Waals surface area contributed by atoms with Gasteiger partial charge in [0.25, 0.3) is 0 Å². The third kappa shape index (κ3) is 2.18. The summed E-state index contributed by atoms with van der Waals surface area (Å²) in [5.74, 6) is -1.70. The van der Waals surface area contributed by atoms with E-state index in [-0.39, 0.29) is 12.2 Å². The molecule has 0 saturated carbocycles. The topological polar surface area (TPSA) is 78.1 Å². The molecule has 0 aromatic carbocycles. The third-order valence-corrected chi connectivity index (χ3v) is 4.53. The molecule has 0 aromatic heterocycles. The molecule has 4 aliphatic rings. The molecule has 4 fully saturated rings. The first-order valence-electron chi connectivity index (χ1n) is 7.36. The number of fused-ring (bicyclic) bond motifs is 4. The van der Waals surface area contributed by atoms with Gasteiger partial charge in [0.15, 0.2) is 0 Å². The van der Waals surface area contributed by atoms with Gasteiger partial charge in [-0.1, -0.05) is 0 Å². The van der Waals surface area contributed by atoms with E-state index in [0.29, 0.717) is 25.9 Å². The smallest absolute Gasteiger partial charge is 0.400 e. The summed E-state index contributed by atoms with van der Waals surface area (Å²) in [4.78, 5) is 12.1. The molecular formula is C13H20N2O5. The Labute approximate surface area is 117 Å². The molecular weight excluding hydrogens is 264 g/mol. The maximum Gasteiger partial charge on any atom is 0.513 e. The molecule has 0 aromatic rings. The van der Waals surface area contributed by atoms with Gasteiger partial charge in [0, 0.05) is 25.9 Å². The summed E-state index contributed by atoms with van der Waals surface area (Å²) in [6.45, 7) is 2.68. The fourth-order valence-corrected chi connectivity index (χ4v) is 3.55. The fraction of sp³-hybridized carbons (Fsp3) is 0.923. The third-order valence-electron chi connectivity index (χ3n) is 4.53. The van der Waals surface area contributed by atoms with Crippen LogP contribution in [0.3, 0.4) is 0 Å². The van der Waals surface area contributed by atoms with Gasteiger partial charge < -0.3 is 29.6 Å². The van der Waals surface area contributed by atoms with E-state index in [1.54, 1.807) is 0 Å². The van der Waals surface area contributed by atoms with Crippen LogP contribution in [-0.2, 0) is 18.9 Å². The van der Waals surface area contributed by atoms with Gasteiger partial charge in [-0.25, -0.2) is 4.79 Å². The van der Waals surface area contributed by atoms with Gasteiger partial charge in [0.05, 0.1) is 25.3 Å². The summed E-state index contributed by atoms with van der Waals surface area (Å²) in [5, 5.41) is 6.45. The van der Waals surface area contributed by atoms with Crippen LogP contribution in [0.1, 0.15) is 25.7 Å². The van der Waals surface area contributed by atoms with Gasteiger partial charge >= 0.3 is 6.16 Å². The molecule has 0 amide bonds. The molecule has 2 N–H and O–H groups in total. The first-order valence-corrected chi connectivity index (χ1v) is 7.36. The lowest BCUT2D eigenvalue weighted by molar-refractivity contribution is -0.252. The predicted molar refractivity (Wildman–Crippen MR) is 67.0 cm³/mol. The quantitative estimate of drug-likeness (QED) is 0.696. The van der Waals surface area contributed by atoms with Crippen LogP contribution < -0.4 is 10.6 Å². The average molecular weight is 284 g/mol. The highest BCUT2D eigenvalue weighted by Crippen LogP contribution is 2.37. The van der Waals surface area contributed by atoms with Crippen molar-refractivity contribution in [2.75, 3.05) is 26.2 Å². The minimum absolute atomic E-state index is 0.137. The number of ether oxygens (including phenoxy) is 4. The average Bonchev–Trinajstić information content (AvgIpc) is 2.86. The molecule has 4 aliphatic heterocycles. The summed E-state index contributed by atoms with van der Waals surface area (Å²) in [7, 11) is 0. The minimum Gasteiger partial charge on any atom is -0.400 e. The second-order valence-corrected chi connectivity index (χ2v) is 6.09. The van der Waals surface area contributed by atoms with Crippen molar-refractivity contribution < 1.29 is 23.7 Å². The van der Waals surface area contributed by atoms with Crippen molar-refractivity contribution >= 4 is 6.16 Å². The van der Waals surface area contributed by atoms with Crippen LogP contribution in [0.2, 0.25) is 0 Å². The van der Waals surface area contributed by atoms with Crippen LogP contribution in [0.25, 0.3) is 0 Å². The monoisotopic (exact) mass is 284 g/mol. The van der Waals surface area contributed by atoms with Crippen molar-refractivity contribution in [1.82, 2.24) is 10.6 Å². The number of nitrogens with one attached hydrogen (secondary N) is 2. The predicted octanol–water partition coefficient (Wildman–Crippen LogP) is 0.0966. The highest BCUT2D eigenvalue weighted by atomic mass is 16.8. The summed E-state index contributed by atoms with van der Waals surface area (Å²) in [6.07, 6.45) is 2.83. The van der Waals surface area contributed by atoms with Gasteiger partial charge in [-0.05, 0) is 12.8 Å². The van der Waals surface area contributed by atoms with E-state index in [1.807, 2.05) is 0 Å². The first-order chi connectivity index (χ1) is 9.67. The molecule has 4 unspecified atom stereocenters. The molecule has 0 aliphatic carbocycles. The number of hydrogen-bond donors (Lipinski definition) is 2. The van der Waals surface area contributed by atoms with Gasteiger partial charge in [0.1, 0.15) is 0 Å². The number of carbonyl (C=O) groups excluding carboxylic acids is 1. The molecule has 20 heavy (non-hydrogen) atoms. The normalized spacial score (nSPS) is 46.2. The summed E-state index contributed by atoms with van der Waals surface area (Å²) < 4.78 is 22.5. The lowest BCUT2D eigenvalue weighted by atomic mass is 10.2. The van der Waals surface area contributed by atoms with Gasteiger partial charge in [0.2, 0.25) is 11.6 Å². The fourth-order valence-electron chi connectivity index (χ4n) is 3.55. The van der Waals surface area contributed by atoms with Gasteiger partial charge in [-0.2, -0.15) is 0 Å². The van der Waals surface area contributed by atoms with E-state index < -0.39 is 17.7 Å². The standard InChI is InChI=1S/C13H20N2O5/c16-11(19-12-3-1-9(17-12)5-14-7-12)20-13-4-2-10(18-13)6-15-8-13/h9-10,14-15H,1-8H2. The zero-order valence-corrected chi connectivity index (χ0v) is 11.4. The molecule has 112 valence electrons. The van der Waals surface area contributed by atoms with Crippen LogP contribution in [0.4, 0.5) is 4.79 Å². The molecule has 4 rings (SSSR count). The van der Waals surface area contributed by atoms with Gasteiger partial charge in [-0.3, -0.25) is 0 Å². The Hall–Kier alpha value is -0.890. The van der Waals surface area contributed by atoms with Crippen molar-refractivity contribution in [3.05, 3.63) is 0 Å². The Morgan fingerprint density at radius 1 is 0.950 bits per heavy atom. The molecule has 4 saturated heterocycles. The molecule has 0 radical (unpaired) electrons. The first kappa shape index (κ1) is 12.8. The second kappa shape index (κ2) is 4.56. The maximum atomic E-state index is 12.1. The van der Waals surface area contributed by atoms with Crippen molar-refractivity contribution in [3.8, 4) is 0 Å². The Morgan fingerprint density at radius 2 is 1.45 bits per heavy atom. The Balaban J connectivity index is 1.39. The van der Waals surface area contributed by atoms with E-state index in [9.17, 15) is 4.79 Å². The zero-order valence-electron chi connectivity index (χ0n) is 11.4. The maximum absolute atomic E-state index is 12.1. The number of hydrogen-bond acceptors (Lipinski definition) is 7. The van der Waals surface area contributed by atoms with Crippen molar-refractivity contribution in [2.45, 2.75) is 49.5 Å². The molecule has 4 atom stereocenters. The summed E-state index contributed by atoms with van der Waals surface area (Å²) in [5.41, 5.74) is 0. The lowest BCUT2D eigenvalue weighted by Gasteiger charge is -2.36. The molecule has 4 bridgehead atoms. The number of morpholine rings is 2. The van der Waals surface area contributed by atoms with Crippen LogP contribution in [0.5, 0.6) is 0 Å². The Bertz CT molecular complexity index is 376. The zero-order chi connectivity index (χ0) is 13.6. The van der Waals surface area contributed by atoms with E-state index in [1.165, 1.54) is 0 Å². The van der Waals surface area contributed by atoms with Crippen LogP contribution in [-0.4, -0.2) is 56.1 Å². The largest absolute Gasteiger partial charge is 0.513 e. The summed E-state index contributed by atoms with van der Waals surface area (Å²) >= 11 is 0. The summed E-state index contributed by atoms with van der Waals surface area (Å²) in [6, 6.07) is 0. The Kier molecular flexibility index (Phi) is 2.92. The van der Waals surface area contributed by atoms with Crippen molar-refractivity contribution in [1.29, 1.82) is 0 Å². The molecule has 7 heteroatoms. The van der Waals surface area contributed by atoms with E-state index in [2.05, 4.69) is 10.6 Å². The van der Waals surface area contributed by atoms with E-state index in [0.717, 1.165) is 25.9 Å². The molecule has 4 heterocycles. The van der Waals surface area contributed by atoms with E-state index >= 15 is 0 Å². The number of rotatable bonds is 2. The SMILES string of the molecule is O=C(OC12CCC(CNC1)O2)OC12CCC(CNC1)O2. The van der Waals surface area contributed by atoms with Crippen LogP contribution in [0.15, 0.2) is 0 Å². The van der Waals surface area contributed by atoms with Crippen LogP contribution >= 0.6 is 0 Å². The highest BCUT2D eigenvalue weighted by Gasteiger charge is 2.50. The van der Waals surface area contributed by atoms with Crippen molar-refractivity contribution in [2.24, 2.45) is 0 Å². The highest BCUT2D eigenvalue weighted by molar-refractivity contribution is 5.61. The van der Waals surface area contributed by atoms with E-state index in [4.69, 9.17) is 18.9 Å². The minimum atomic E-state index is -0.850.